The molecule has 0 bridgehead atoms. The molecule has 1 unspecified atom stereocenters. The van der Waals surface area contributed by atoms with Crippen molar-refractivity contribution in [3.63, 3.8) is 0 Å². The maximum Gasteiger partial charge on any atom is 0.247 e. The summed E-state index contributed by atoms with van der Waals surface area (Å²) in [5.41, 5.74) is 7.08. The highest BCUT2D eigenvalue weighted by Crippen LogP contribution is 2.28. The zero-order valence-corrected chi connectivity index (χ0v) is 10.4. The number of anilines is 1. The Morgan fingerprint density at radius 1 is 1.47 bits per heavy atom. The quantitative estimate of drug-likeness (QED) is 0.817. The zero-order valence-electron chi connectivity index (χ0n) is 9.55. The van der Waals surface area contributed by atoms with Gasteiger partial charge in [0.15, 0.2) is 0 Å². The summed E-state index contributed by atoms with van der Waals surface area (Å²) < 4.78 is 0. The summed E-state index contributed by atoms with van der Waals surface area (Å²) in [6.07, 6.45) is 2.13. The van der Waals surface area contributed by atoms with Crippen molar-refractivity contribution in [1.29, 1.82) is 0 Å². The smallest absolute Gasteiger partial charge is 0.247 e. The molecule has 1 heterocycles. The largest absolute Gasteiger partial charge is 0.326 e. The predicted molar refractivity (Wildman–Crippen MR) is 68.7 cm³/mol. The molecule has 0 spiro atoms. The van der Waals surface area contributed by atoms with Crippen LogP contribution in [-0.4, -0.2) is 23.3 Å². The van der Waals surface area contributed by atoms with Crippen LogP contribution in [0.2, 0.25) is 0 Å². The third-order valence-electron chi connectivity index (χ3n) is 2.79. The van der Waals surface area contributed by atoms with E-state index in [-0.39, 0.29) is 23.5 Å². The highest BCUT2D eigenvalue weighted by atomic mass is 32.2. The second kappa shape index (κ2) is 4.89. The number of rotatable bonds is 3. The van der Waals surface area contributed by atoms with Crippen molar-refractivity contribution in [3.05, 3.63) is 29.8 Å². The van der Waals surface area contributed by atoms with Crippen molar-refractivity contribution >= 4 is 29.3 Å². The number of benzene rings is 1. The number of nitrogens with zero attached hydrogens (tertiary/aromatic N) is 1. The van der Waals surface area contributed by atoms with E-state index in [1.54, 1.807) is 12.1 Å². The molecule has 4 nitrogen and oxygen atoms in total. The molecule has 1 aliphatic rings. The van der Waals surface area contributed by atoms with Crippen LogP contribution in [-0.2, 0) is 16.1 Å². The number of hydrogen-bond donors (Lipinski definition) is 1. The summed E-state index contributed by atoms with van der Waals surface area (Å²) in [5.74, 6) is -0.264. The highest BCUT2D eigenvalue weighted by Gasteiger charge is 2.38. The molecular formula is C12H14N2O2S. The van der Waals surface area contributed by atoms with E-state index in [0.29, 0.717) is 12.2 Å². The average Bonchev–Trinajstić information content (AvgIpc) is 2.64. The van der Waals surface area contributed by atoms with Crippen LogP contribution in [0.25, 0.3) is 0 Å². The molecule has 2 amide bonds. The van der Waals surface area contributed by atoms with Gasteiger partial charge in [-0.2, -0.15) is 11.8 Å². The third kappa shape index (κ3) is 2.21. The van der Waals surface area contributed by atoms with E-state index in [0.717, 1.165) is 5.56 Å². The normalized spacial score (nSPS) is 20.1. The van der Waals surface area contributed by atoms with Gasteiger partial charge in [-0.3, -0.25) is 9.59 Å². The summed E-state index contributed by atoms with van der Waals surface area (Å²) in [5, 5.41) is -0.246. The fraction of sp³-hybridized carbons (Fsp3) is 0.333. The Labute approximate surface area is 104 Å². The lowest BCUT2D eigenvalue weighted by Crippen LogP contribution is -2.31. The van der Waals surface area contributed by atoms with Gasteiger partial charge in [-0.1, -0.05) is 12.1 Å². The number of amides is 2. The van der Waals surface area contributed by atoms with E-state index in [2.05, 4.69) is 0 Å². The first kappa shape index (κ1) is 12.1. The van der Waals surface area contributed by atoms with Gasteiger partial charge in [0.2, 0.25) is 11.8 Å². The van der Waals surface area contributed by atoms with Gasteiger partial charge < -0.3 is 5.73 Å². The van der Waals surface area contributed by atoms with Crippen LogP contribution in [0.3, 0.4) is 0 Å². The maximum atomic E-state index is 12.0. The van der Waals surface area contributed by atoms with E-state index in [9.17, 15) is 9.59 Å². The van der Waals surface area contributed by atoms with Crippen LogP contribution in [0.4, 0.5) is 5.69 Å². The third-order valence-corrected chi connectivity index (χ3v) is 3.73. The van der Waals surface area contributed by atoms with Crippen LogP contribution in [0.15, 0.2) is 24.3 Å². The molecule has 2 N–H and O–H groups in total. The lowest BCUT2D eigenvalue weighted by molar-refractivity contribution is -0.121. The van der Waals surface area contributed by atoms with Gasteiger partial charge in [-0.05, 0) is 24.0 Å². The van der Waals surface area contributed by atoms with Crippen LogP contribution in [0.1, 0.15) is 12.0 Å². The minimum atomic E-state index is -0.246. The van der Waals surface area contributed by atoms with Gasteiger partial charge in [-0.25, -0.2) is 4.90 Å². The van der Waals surface area contributed by atoms with Gasteiger partial charge in [0.05, 0.1) is 10.9 Å². The molecule has 0 saturated carbocycles. The fourth-order valence-electron chi connectivity index (χ4n) is 1.88. The van der Waals surface area contributed by atoms with Crippen LogP contribution in [0.5, 0.6) is 0 Å². The van der Waals surface area contributed by atoms with E-state index in [1.165, 1.54) is 16.7 Å². The van der Waals surface area contributed by atoms with E-state index < -0.39 is 0 Å². The Morgan fingerprint density at radius 3 is 2.82 bits per heavy atom. The minimum Gasteiger partial charge on any atom is -0.326 e. The summed E-state index contributed by atoms with van der Waals surface area (Å²) >= 11 is 1.42. The predicted octanol–water partition coefficient (Wildman–Crippen LogP) is 1.14. The van der Waals surface area contributed by atoms with E-state index in [1.807, 2.05) is 18.4 Å². The second-order valence-electron chi connectivity index (χ2n) is 3.87. The molecule has 0 radical (unpaired) electrons. The molecule has 5 heteroatoms. The van der Waals surface area contributed by atoms with Gasteiger partial charge in [0.1, 0.15) is 0 Å². The molecule has 1 aliphatic heterocycles. The molecular weight excluding hydrogens is 236 g/mol. The Morgan fingerprint density at radius 2 is 2.24 bits per heavy atom. The second-order valence-corrected chi connectivity index (χ2v) is 4.91. The standard InChI is InChI=1S/C12H14N2O2S/c1-17-10-6-11(15)14(12(10)16)9-4-2-3-8(5-9)7-13/h2-5,10H,6-7,13H2,1H3. The number of thioether (sulfide) groups is 1. The number of hydrogen-bond acceptors (Lipinski definition) is 4. The van der Waals surface area contributed by atoms with Crippen molar-refractivity contribution in [1.82, 2.24) is 0 Å². The number of carbonyl (C=O) groups excluding carboxylic acids is 2. The number of carbonyl (C=O) groups is 2. The van der Waals surface area contributed by atoms with Crippen molar-refractivity contribution in [2.75, 3.05) is 11.2 Å². The molecule has 1 aromatic rings. The number of imide groups is 1. The molecule has 0 aromatic heterocycles. The lowest BCUT2D eigenvalue weighted by Gasteiger charge is -2.15. The minimum absolute atomic E-state index is 0.128. The van der Waals surface area contributed by atoms with Gasteiger partial charge in [0.25, 0.3) is 0 Å². The Balaban J connectivity index is 2.33. The summed E-state index contributed by atoms with van der Waals surface area (Å²) in [6.45, 7) is 0.399. The van der Waals surface area contributed by atoms with E-state index in [4.69, 9.17) is 5.73 Å². The Bertz CT molecular complexity index is 462. The van der Waals surface area contributed by atoms with Crippen LogP contribution < -0.4 is 10.6 Å². The molecule has 1 atom stereocenters. The molecule has 1 aromatic carbocycles. The van der Waals surface area contributed by atoms with E-state index >= 15 is 0 Å². The SMILES string of the molecule is CSC1CC(=O)N(c2cccc(CN)c2)C1=O. The van der Waals surface area contributed by atoms with Crippen molar-refractivity contribution in [2.24, 2.45) is 5.73 Å². The Hall–Kier alpha value is -1.33. The molecule has 1 fully saturated rings. The molecule has 17 heavy (non-hydrogen) atoms. The number of nitrogens with two attached hydrogens (primary N) is 1. The molecule has 1 saturated heterocycles. The van der Waals surface area contributed by atoms with Crippen molar-refractivity contribution < 1.29 is 9.59 Å². The monoisotopic (exact) mass is 250 g/mol. The first-order valence-corrected chi connectivity index (χ1v) is 6.64. The maximum absolute atomic E-state index is 12.0. The van der Waals surface area contributed by atoms with Gasteiger partial charge in [-0.15, -0.1) is 0 Å². The highest BCUT2D eigenvalue weighted by molar-refractivity contribution is 8.00. The van der Waals surface area contributed by atoms with Crippen LogP contribution in [0, 0.1) is 0 Å². The summed E-state index contributed by atoms with van der Waals surface area (Å²) in [4.78, 5) is 25.1. The van der Waals surface area contributed by atoms with Crippen molar-refractivity contribution in [2.45, 2.75) is 18.2 Å². The topological polar surface area (TPSA) is 63.4 Å². The lowest BCUT2D eigenvalue weighted by atomic mass is 10.2. The first-order valence-electron chi connectivity index (χ1n) is 5.36. The van der Waals surface area contributed by atoms with Crippen molar-refractivity contribution in [3.8, 4) is 0 Å². The van der Waals surface area contributed by atoms with Gasteiger partial charge >= 0.3 is 0 Å². The molecule has 0 aliphatic carbocycles. The summed E-state index contributed by atoms with van der Waals surface area (Å²) in [6, 6.07) is 7.24. The Kier molecular flexibility index (Phi) is 3.49. The fourth-order valence-corrected chi connectivity index (χ4v) is 2.50. The first-order chi connectivity index (χ1) is 8.17. The van der Waals surface area contributed by atoms with Crippen LogP contribution >= 0.6 is 11.8 Å². The van der Waals surface area contributed by atoms with Gasteiger partial charge in [0, 0.05) is 13.0 Å². The molecule has 90 valence electrons. The zero-order chi connectivity index (χ0) is 12.4. The molecule has 2 rings (SSSR count). The average molecular weight is 250 g/mol. The summed E-state index contributed by atoms with van der Waals surface area (Å²) in [7, 11) is 0.